The summed E-state index contributed by atoms with van der Waals surface area (Å²) in [6, 6.07) is 13.9. The first-order valence-corrected chi connectivity index (χ1v) is 15.6. The minimum Gasteiger partial charge on any atom is -0.490 e. The van der Waals surface area contributed by atoms with Gasteiger partial charge in [-0.25, -0.2) is 14.6 Å². The normalized spacial score (nSPS) is 14.2. The molecule has 0 radical (unpaired) electrons. The molecule has 1 N–H and O–H groups in total. The van der Waals surface area contributed by atoms with Gasteiger partial charge in [-0.15, -0.1) is 0 Å². The molecule has 1 aliphatic heterocycles. The van der Waals surface area contributed by atoms with E-state index in [1.807, 2.05) is 13.8 Å². The lowest BCUT2D eigenvalue weighted by molar-refractivity contribution is -0.136. The molecular weight excluding hydrogens is 655 g/mol. The van der Waals surface area contributed by atoms with Crippen LogP contribution in [-0.2, 0) is 16.1 Å². The van der Waals surface area contributed by atoms with Gasteiger partial charge in [0.2, 0.25) is 0 Å². The van der Waals surface area contributed by atoms with E-state index in [0.717, 1.165) is 16.9 Å². The number of carbonyl (C=O) groups excluding carboxylic acids is 1. The zero-order valence-electron chi connectivity index (χ0n) is 24.9. The molecule has 1 aromatic heterocycles. The monoisotopic (exact) mass is 682 g/mol. The van der Waals surface area contributed by atoms with Gasteiger partial charge in [0.05, 0.1) is 52.1 Å². The van der Waals surface area contributed by atoms with Crippen LogP contribution in [0.4, 0.5) is 0 Å². The molecule has 238 valence electrons. The van der Waals surface area contributed by atoms with Crippen LogP contribution in [0.3, 0.4) is 0 Å². The highest BCUT2D eigenvalue weighted by Crippen LogP contribution is 2.36. The topological polar surface area (TPSA) is 126 Å². The predicted molar refractivity (Wildman–Crippen MR) is 174 cm³/mol. The Balaban J connectivity index is 1.51. The molecule has 3 aromatic carbocycles. The van der Waals surface area contributed by atoms with Gasteiger partial charge >= 0.3 is 11.9 Å². The van der Waals surface area contributed by atoms with E-state index in [2.05, 4.69) is 4.99 Å². The summed E-state index contributed by atoms with van der Waals surface area (Å²) < 4.78 is 24.1. The van der Waals surface area contributed by atoms with Crippen molar-refractivity contribution in [3.05, 3.63) is 118 Å². The van der Waals surface area contributed by atoms with Gasteiger partial charge in [0.25, 0.3) is 5.56 Å². The highest BCUT2D eigenvalue weighted by Gasteiger charge is 2.31. The second kappa shape index (κ2) is 14.2. The molecule has 46 heavy (non-hydrogen) atoms. The van der Waals surface area contributed by atoms with Crippen LogP contribution < -0.4 is 29.1 Å². The average Bonchev–Trinajstić information content (AvgIpc) is 3.35. The predicted octanol–water partition coefficient (Wildman–Crippen LogP) is 5.40. The molecule has 4 aromatic rings. The first-order valence-electron chi connectivity index (χ1n) is 14.1. The molecule has 0 saturated carbocycles. The highest BCUT2D eigenvalue weighted by atomic mass is 35.5. The van der Waals surface area contributed by atoms with Crippen LogP contribution in [0.25, 0.3) is 6.08 Å². The zero-order chi connectivity index (χ0) is 33.0. The number of benzene rings is 3. The highest BCUT2D eigenvalue weighted by molar-refractivity contribution is 7.07. The van der Waals surface area contributed by atoms with E-state index in [4.69, 9.17) is 47.3 Å². The van der Waals surface area contributed by atoms with E-state index in [1.54, 1.807) is 48.5 Å². The van der Waals surface area contributed by atoms with Crippen molar-refractivity contribution in [3.63, 3.8) is 0 Å². The quantitative estimate of drug-likeness (QED) is 0.209. The third kappa shape index (κ3) is 6.81. The third-order valence-corrected chi connectivity index (χ3v) is 8.47. The van der Waals surface area contributed by atoms with E-state index in [0.29, 0.717) is 45.2 Å². The molecular formula is C33H28Cl2N2O8S. The maximum atomic E-state index is 13.9. The van der Waals surface area contributed by atoms with Crippen LogP contribution in [0.15, 0.2) is 76.2 Å². The number of ether oxygens (including phenoxy) is 4. The van der Waals surface area contributed by atoms with Crippen molar-refractivity contribution < 1.29 is 33.6 Å². The SMILES string of the molecule is CCOc1ccc([C@H]2C(C(=O)OC)=CN=c3s/c(=C\c4cc(Cl)c(OCc5ccc(C(=O)O)cc5)c(Cl)c4)c(=O)n32)cc1OCC. The number of aromatic nitrogens is 1. The van der Waals surface area contributed by atoms with Gasteiger partial charge < -0.3 is 24.1 Å². The Morgan fingerprint density at radius 1 is 0.978 bits per heavy atom. The van der Waals surface area contributed by atoms with Crippen LogP contribution in [0, 0.1) is 0 Å². The van der Waals surface area contributed by atoms with Crippen LogP contribution >= 0.6 is 34.5 Å². The number of halogens is 2. The van der Waals surface area contributed by atoms with Gasteiger partial charge in [0.1, 0.15) is 6.61 Å². The third-order valence-electron chi connectivity index (χ3n) is 6.91. The lowest BCUT2D eigenvalue weighted by Crippen LogP contribution is -2.39. The number of carboxylic acids is 1. The van der Waals surface area contributed by atoms with Gasteiger partial charge in [-0.3, -0.25) is 9.36 Å². The summed E-state index contributed by atoms with van der Waals surface area (Å²) in [5.74, 6) is -0.377. The molecule has 10 nitrogen and oxygen atoms in total. The number of esters is 1. The van der Waals surface area contributed by atoms with Crippen molar-refractivity contribution in [1.82, 2.24) is 4.57 Å². The van der Waals surface area contributed by atoms with Crippen molar-refractivity contribution in [2.75, 3.05) is 20.3 Å². The summed E-state index contributed by atoms with van der Waals surface area (Å²) >= 11 is 14.2. The van der Waals surface area contributed by atoms with E-state index >= 15 is 0 Å². The second-order valence-corrected chi connectivity index (χ2v) is 11.7. The van der Waals surface area contributed by atoms with Crippen molar-refractivity contribution in [2.24, 2.45) is 4.99 Å². The van der Waals surface area contributed by atoms with Gasteiger partial charge in [-0.05, 0) is 73.0 Å². The number of methoxy groups -OCH3 is 1. The Kier molecular flexibility index (Phi) is 10.2. The fourth-order valence-electron chi connectivity index (χ4n) is 4.84. The number of nitrogens with zero attached hydrogens (tertiary/aromatic N) is 2. The maximum Gasteiger partial charge on any atom is 0.337 e. The Bertz CT molecular complexity index is 2000. The molecule has 5 rings (SSSR count). The minimum atomic E-state index is -1.02. The molecule has 13 heteroatoms. The van der Waals surface area contributed by atoms with Crippen molar-refractivity contribution in [2.45, 2.75) is 26.5 Å². The molecule has 0 spiro atoms. The number of rotatable bonds is 11. The van der Waals surface area contributed by atoms with Gasteiger partial charge in [0, 0.05) is 6.20 Å². The Hall–Kier alpha value is -4.58. The summed E-state index contributed by atoms with van der Waals surface area (Å²) in [5.41, 5.74) is 1.84. The van der Waals surface area contributed by atoms with E-state index in [1.165, 1.54) is 30.0 Å². The number of hydrogen-bond donors (Lipinski definition) is 1. The van der Waals surface area contributed by atoms with Crippen molar-refractivity contribution in [3.8, 4) is 17.2 Å². The fraction of sp³-hybridized carbons (Fsp3) is 0.212. The fourth-order valence-corrected chi connectivity index (χ4v) is 6.42. The molecule has 2 heterocycles. The van der Waals surface area contributed by atoms with Crippen LogP contribution in [0.5, 0.6) is 17.2 Å². The van der Waals surface area contributed by atoms with Gasteiger partial charge in [-0.2, -0.15) is 0 Å². The lowest BCUT2D eigenvalue weighted by atomic mass is 9.97. The number of carbonyl (C=O) groups is 2. The Labute approximate surface area is 277 Å². The minimum absolute atomic E-state index is 0.108. The maximum absolute atomic E-state index is 13.9. The van der Waals surface area contributed by atoms with Gasteiger partial charge in [-0.1, -0.05) is 52.7 Å². The van der Waals surface area contributed by atoms with Crippen LogP contribution in [-0.4, -0.2) is 41.9 Å². The molecule has 1 aliphatic rings. The smallest absolute Gasteiger partial charge is 0.337 e. The number of thiazole rings is 1. The second-order valence-electron chi connectivity index (χ2n) is 9.85. The number of hydrogen-bond acceptors (Lipinski definition) is 9. The standard InChI is InChI=1S/C33H28Cl2N2O8S/c1-4-43-25-11-10-21(15-26(25)44-5-2)28-22(32(41)42-3)16-36-33-37(28)30(38)27(46-33)14-19-12-23(34)29(24(35)13-19)45-17-18-6-8-20(9-7-18)31(39)40/h6-16,28H,4-5,17H2,1-3H3,(H,39,40)/b27-14-/t28-/m0/s1. The lowest BCUT2D eigenvalue weighted by Gasteiger charge is -2.23. The zero-order valence-corrected chi connectivity index (χ0v) is 27.2. The molecule has 0 aliphatic carbocycles. The molecule has 0 amide bonds. The Morgan fingerprint density at radius 2 is 1.65 bits per heavy atom. The molecule has 0 bridgehead atoms. The summed E-state index contributed by atoms with van der Waals surface area (Å²) in [6.45, 7) is 4.65. The first-order chi connectivity index (χ1) is 22.1. The van der Waals surface area contributed by atoms with E-state index < -0.39 is 18.0 Å². The van der Waals surface area contributed by atoms with E-state index in [-0.39, 0.29) is 39.1 Å². The molecule has 0 unspecified atom stereocenters. The number of fused-ring (bicyclic) bond motifs is 1. The van der Waals surface area contributed by atoms with E-state index in [9.17, 15) is 14.4 Å². The summed E-state index contributed by atoms with van der Waals surface area (Å²) in [5, 5.41) is 9.53. The van der Waals surface area contributed by atoms with Crippen LogP contribution in [0.2, 0.25) is 10.0 Å². The van der Waals surface area contributed by atoms with Gasteiger partial charge in [0.15, 0.2) is 22.0 Å². The molecule has 0 fully saturated rings. The number of aromatic carboxylic acids is 1. The molecule has 1 atom stereocenters. The average molecular weight is 684 g/mol. The summed E-state index contributed by atoms with van der Waals surface area (Å²) in [4.78, 5) is 42.7. The van der Waals surface area contributed by atoms with Crippen molar-refractivity contribution >= 4 is 52.6 Å². The summed E-state index contributed by atoms with van der Waals surface area (Å²) in [6.07, 6.45) is 3.05. The molecule has 0 saturated heterocycles. The van der Waals surface area contributed by atoms with Crippen molar-refractivity contribution in [1.29, 1.82) is 0 Å². The number of carboxylic acid groups (broad SMARTS) is 1. The van der Waals surface area contributed by atoms with Crippen LogP contribution in [0.1, 0.15) is 46.9 Å². The Morgan fingerprint density at radius 3 is 2.28 bits per heavy atom. The first kappa shape index (κ1) is 32.8. The summed E-state index contributed by atoms with van der Waals surface area (Å²) in [7, 11) is 1.27. The largest absolute Gasteiger partial charge is 0.490 e.